The lowest BCUT2D eigenvalue weighted by Gasteiger charge is -2.11. The largest absolute Gasteiger partial charge is 0.507 e. The van der Waals surface area contributed by atoms with Crippen LogP contribution in [0, 0.1) is 0 Å². The van der Waals surface area contributed by atoms with Crippen LogP contribution in [0.3, 0.4) is 0 Å². The zero-order valence-electron chi connectivity index (χ0n) is 12.1. The zero-order valence-corrected chi connectivity index (χ0v) is 12.1. The van der Waals surface area contributed by atoms with E-state index in [2.05, 4.69) is 0 Å². The van der Waals surface area contributed by atoms with Crippen molar-refractivity contribution < 1.29 is 19.4 Å². The summed E-state index contributed by atoms with van der Waals surface area (Å²) >= 11 is 0. The van der Waals surface area contributed by atoms with Gasteiger partial charge in [0.15, 0.2) is 11.4 Å². The first kappa shape index (κ1) is 15.1. The molecule has 0 spiro atoms. The van der Waals surface area contributed by atoms with E-state index in [4.69, 9.17) is 4.42 Å². The van der Waals surface area contributed by atoms with E-state index in [9.17, 15) is 19.8 Å². The molecule has 0 radical (unpaired) electrons. The SMILES string of the molecule is CCCC(=O)c1c(O)cc(O)c2c(CCC)cc(=O)oc12. The van der Waals surface area contributed by atoms with Crippen LogP contribution in [0.5, 0.6) is 11.5 Å². The van der Waals surface area contributed by atoms with Crippen LogP contribution in [0.2, 0.25) is 0 Å². The summed E-state index contributed by atoms with van der Waals surface area (Å²) < 4.78 is 5.11. The van der Waals surface area contributed by atoms with Crippen molar-refractivity contribution in [1.29, 1.82) is 0 Å². The molecule has 5 nitrogen and oxygen atoms in total. The predicted octanol–water partition coefficient (Wildman–Crippen LogP) is 3.14. The maximum atomic E-state index is 12.2. The second kappa shape index (κ2) is 5.99. The van der Waals surface area contributed by atoms with Crippen molar-refractivity contribution in [3.8, 4) is 11.5 Å². The smallest absolute Gasteiger partial charge is 0.336 e. The molecule has 0 atom stereocenters. The summed E-state index contributed by atoms with van der Waals surface area (Å²) in [4.78, 5) is 23.9. The van der Waals surface area contributed by atoms with Crippen LogP contribution in [0.4, 0.5) is 0 Å². The van der Waals surface area contributed by atoms with Crippen LogP contribution in [-0.4, -0.2) is 16.0 Å². The van der Waals surface area contributed by atoms with Gasteiger partial charge in [-0.3, -0.25) is 4.79 Å². The quantitative estimate of drug-likeness (QED) is 0.652. The van der Waals surface area contributed by atoms with Gasteiger partial charge in [0.25, 0.3) is 0 Å². The highest BCUT2D eigenvalue weighted by molar-refractivity contribution is 6.10. The van der Waals surface area contributed by atoms with Gasteiger partial charge in [-0.15, -0.1) is 0 Å². The van der Waals surface area contributed by atoms with Crippen LogP contribution in [0.15, 0.2) is 21.3 Å². The van der Waals surface area contributed by atoms with Crippen LogP contribution < -0.4 is 5.63 Å². The van der Waals surface area contributed by atoms with Crippen molar-refractivity contribution in [1.82, 2.24) is 0 Å². The number of fused-ring (bicyclic) bond motifs is 1. The van der Waals surface area contributed by atoms with Crippen molar-refractivity contribution in [2.24, 2.45) is 0 Å². The number of aromatic hydroxyl groups is 2. The van der Waals surface area contributed by atoms with Crippen LogP contribution in [0.25, 0.3) is 11.0 Å². The van der Waals surface area contributed by atoms with Crippen molar-refractivity contribution >= 4 is 16.8 Å². The molecule has 0 bridgehead atoms. The second-order valence-corrected chi connectivity index (χ2v) is 5.01. The van der Waals surface area contributed by atoms with Gasteiger partial charge in [-0.25, -0.2) is 4.79 Å². The van der Waals surface area contributed by atoms with Crippen molar-refractivity contribution in [3.63, 3.8) is 0 Å². The summed E-state index contributed by atoms with van der Waals surface area (Å²) in [6, 6.07) is 2.45. The molecule has 2 rings (SSSR count). The highest BCUT2D eigenvalue weighted by Crippen LogP contribution is 2.37. The molecule has 0 fully saturated rings. The van der Waals surface area contributed by atoms with E-state index in [1.54, 1.807) is 0 Å². The number of hydrogen-bond donors (Lipinski definition) is 2. The van der Waals surface area contributed by atoms with Gasteiger partial charge >= 0.3 is 5.63 Å². The lowest BCUT2D eigenvalue weighted by molar-refractivity contribution is 0.0979. The van der Waals surface area contributed by atoms with Gasteiger partial charge in [-0.1, -0.05) is 20.3 Å². The van der Waals surface area contributed by atoms with E-state index in [1.165, 1.54) is 6.07 Å². The van der Waals surface area contributed by atoms with Crippen LogP contribution in [-0.2, 0) is 6.42 Å². The van der Waals surface area contributed by atoms with Crippen molar-refractivity contribution in [2.75, 3.05) is 0 Å². The first-order chi connectivity index (χ1) is 9.99. The van der Waals surface area contributed by atoms with E-state index < -0.39 is 5.63 Å². The molecule has 0 saturated carbocycles. The number of aryl methyl sites for hydroxylation is 1. The minimum atomic E-state index is -0.596. The summed E-state index contributed by atoms with van der Waals surface area (Å²) in [7, 11) is 0. The molecule has 1 heterocycles. The van der Waals surface area contributed by atoms with Gasteiger partial charge in [-0.2, -0.15) is 0 Å². The number of rotatable bonds is 5. The second-order valence-electron chi connectivity index (χ2n) is 5.01. The number of carbonyl (C=O) groups excluding carboxylic acids is 1. The molecule has 0 amide bonds. The molecule has 0 unspecified atom stereocenters. The molecule has 0 aliphatic carbocycles. The molecule has 0 saturated heterocycles. The first-order valence-electron chi connectivity index (χ1n) is 7.04. The number of phenolic OH excluding ortho intramolecular Hbond substituents is 2. The van der Waals surface area contributed by atoms with E-state index in [0.717, 1.165) is 12.5 Å². The van der Waals surface area contributed by atoms with E-state index in [0.29, 0.717) is 23.8 Å². The minimum absolute atomic E-state index is 0.0260. The Kier molecular flexibility index (Phi) is 4.31. The van der Waals surface area contributed by atoms with Crippen molar-refractivity contribution in [3.05, 3.63) is 33.7 Å². The standard InChI is InChI=1S/C16H18O5/c1-3-5-9-7-13(20)21-16-14(9)11(18)8-12(19)15(16)10(17)6-4-2/h7-8,18-19H,3-6H2,1-2H3. The Morgan fingerprint density at radius 2 is 1.86 bits per heavy atom. The number of Topliss-reactive ketones (excluding diaryl/α,β-unsaturated/α-hetero) is 1. The Bertz CT molecular complexity index is 742. The summed E-state index contributed by atoms with van der Waals surface area (Å²) in [6.07, 6.45) is 2.19. The molecule has 1 aromatic carbocycles. The average Bonchev–Trinajstić information content (AvgIpc) is 2.38. The third kappa shape index (κ3) is 2.77. The van der Waals surface area contributed by atoms with Gasteiger partial charge in [0.2, 0.25) is 0 Å². The number of carbonyl (C=O) groups is 1. The Hall–Kier alpha value is -2.30. The zero-order chi connectivity index (χ0) is 15.6. The van der Waals surface area contributed by atoms with Gasteiger partial charge in [0.1, 0.15) is 17.1 Å². The third-order valence-corrected chi connectivity index (χ3v) is 3.33. The summed E-state index contributed by atoms with van der Waals surface area (Å²) in [5.41, 5.74) is -0.0325. The predicted molar refractivity (Wildman–Crippen MR) is 79.0 cm³/mol. The Labute approximate surface area is 121 Å². The van der Waals surface area contributed by atoms with Crippen molar-refractivity contribution in [2.45, 2.75) is 39.5 Å². The van der Waals surface area contributed by atoms with Gasteiger partial charge in [0, 0.05) is 18.6 Å². The molecule has 2 aromatic rings. The molecular weight excluding hydrogens is 272 g/mol. The fraction of sp³-hybridized carbons (Fsp3) is 0.375. The Morgan fingerprint density at radius 3 is 2.48 bits per heavy atom. The topological polar surface area (TPSA) is 87.7 Å². The molecule has 0 aliphatic rings. The average molecular weight is 290 g/mol. The normalized spacial score (nSPS) is 11.0. The fourth-order valence-corrected chi connectivity index (χ4v) is 2.48. The van der Waals surface area contributed by atoms with E-state index >= 15 is 0 Å². The Balaban J connectivity index is 2.86. The number of benzene rings is 1. The lowest BCUT2D eigenvalue weighted by atomic mass is 9.98. The maximum absolute atomic E-state index is 12.2. The van der Waals surface area contributed by atoms with E-state index in [1.807, 2.05) is 13.8 Å². The lowest BCUT2D eigenvalue weighted by Crippen LogP contribution is -2.06. The molecule has 5 heteroatoms. The van der Waals surface area contributed by atoms with Gasteiger partial charge in [0.05, 0.1) is 5.39 Å². The van der Waals surface area contributed by atoms with Crippen LogP contribution in [0.1, 0.15) is 49.0 Å². The summed E-state index contributed by atoms with van der Waals surface area (Å²) in [5.74, 6) is -0.866. The molecule has 1 aromatic heterocycles. The monoisotopic (exact) mass is 290 g/mol. The maximum Gasteiger partial charge on any atom is 0.336 e. The minimum Gasteiger partial charge on any atom is -0.507 e. The highest BCUT2D eigenvalue weighted by Gasteiger charge is 2.22. The molecule has 112 valence electrons. The van der Waals surface area contributed by atoms with Crippen LogP contribution >= 0.6 is 0 Å². The fourth-order valence-electron chi connectivity index (χ4n) is 2.48. The van der Waals surface area contributed by atoms with Gasteiger partial charge in [-0.05, 0) is 18.4 Å². The van der Waals surface area contributed by atoms with E-state index in [-0.39, 0.29) is 34.8 Å². The molecule has 2 N–H and O–H groups in total. The van der Waals surface area contributed by atoms with Gasteiger partial charge < -0.3 is 14.6 Å². The molecule has 21 heavy (non-hydrogen) atoms. The third-order valence-electron chi connectivity index (χ3n) is 3.33. The number of ketones is 1. The molecule has 0 aliphatic heterocycles. The number of hydrogen-bond acceptors (Lipinski definition) is 5. The summed E-state index contributed by atoms with van der Waals surface area (Å²) in [5, 5.41) is 20.3. The highest BCUT2D eigenvalue weighted by atomic mass is 16.4. The summed E-state index contributed by atoms with van der Waals surface area (Å²) in [6.45, 7) is 3.79. The Morgan fingerprint density at radius 1 is 1.14 bits per heavy atom. The number of phenols is 2. The molecular formula is C16H18O5. The first-order valence-corrected chi connectivity index (χ1v) is 7.04.